The Hall–Kier alpha value is -1.80. The first-order valence-corrected chi connectivity index (χ1v) is 4.05. The molecular weight excluding hydrogens is 182 g/mol. The number of nitrogen functional groups attached to an aromatic ring is 1. The fourth-order valence-corrected chi connectivity index (χ4v) is 0.921. The first-order valence-electron chi connectivity index (χ1n) is 4.05. The minimum Gasteiger partial charge on any atom is -0.384 e. The third kappa shape index (κ3) is 2.34. The number of anilines is 1. The van der Waals surface area contributed by atoms with E-state index in [4.69, 9.17) is 10.8 Å². The van der Waals surface area contributed by atoms with Gasteiger partial charge >= 0.3 is 5.69 Å². The van der Waals surface area contributed by atoms with Crippen LogP contribution in [0.1, 0.15) is 5.56 Å². The second-order valence-corrected chi connectivity index (χ2v) is 2.73. The molecule has 0 unspecified atom stereocenters. The largest absolute Gasteiger partial charge is 0.384 e. The first kappa shape index (κ1) is 10.3. The molecule has 5 nitrogen and oxygen atoms in total. The van der Waals surface area contributed by atoms with Crippen LogP contribution in [0.2, 0.25) is 0 Å². The maximum atomic E-state index is 11.2. The van der Waals surface area contributed by atoms with Crippen LogP contribution in [0.25, 0.3) is 0 Å². The Morgan fingerprint density at radius 1 is 1.64 bits per heavy atom. The third-order valence-electron chi connectivity index (χ3n) is 1.67. The number of hydrogen-bond acceptors (Lipinski definition) is 4. The van der Waals surface area contributed by atoms with Crippen molar-refractivity contribution in [1.82, 2.24) is 9.55 Å². The maximum absolute atomic E-state index is 11.2. The number of hydrogen-bond donors (Lipinski definition) is 2. The molecule has 5 heteroatoms. The van der Waals surface area contributed by atoms with Crippen molar-refractivity contribution in [3.8, 4) is 11.8 Å². The highest BCUT2D eigenvalue weighted by atomic mass is 16.2. The fraction of sp³-hybridized carbons (Fsp3) is 0.333. The van der Waals surface area contributed by atoms with Gasteiger partial charge in [-0.25, -0.2) is 4.79 Å². The Labute approximate surface area is 81.2 Å². The van der Waals surface area contributed by atoms with Crippen molar-refractivity contribution in [2.24, 2.45) is 0 Å². The minimum atomic E-state index is -0.430. The Morgan fingerprint density at radius 2 is 2.36 bits per heavy atom. The van der Waals surface area contributed by atoms with E-state index in [1.165, 1.54) is 4.57 Å². The number of nitrogens with zero attached hydrogens (tertiary/aromatic N) is 2. The van der Waals surface area contributed by atoms with E-state index >= 15 is 0 Å². The van der Waals surface area contributed by atoms with Gasteiger partial charge in [-0.2, -0.15) is 4.98 Å². The zero-order valence-electron chi connectivity index (χ0n) is 7.82. The summed E-state index contributed by atoms with van der Waals surface area (Å²) in [6.45, 7) is 1.77. The van der Waals surface area contributed by atoms with Gasteiger partial charge in [-0.05, 0) is 6.92 Å². The van der Waals surface area contributed by atoms with Crippen LogP contribution < -0.4 is 11.4 Å². The van der Waals surface area contributed by atoms with Gasteiger partial charge in [0.2, 0.25) is 0 Å². The average molecular weight is 193 g/mol. The summed E-state index contributed by atoms with van der Waals surface area (Å²) in [6.07, 6.45) is 1.59. The second-order valence-electron chi connectivity index (χ2n) is 2.73. The molecule has 0 spiro atoms. The van der Waals surface area contributed by atoms with Crippen LogP contribution in [0.15, 0.2) is 11.0 Å². The number of aryl methyl sites for hydroxylation is 1. The lowest BCUT2D eigenvalue weighted by molar-refractivity contribution is 0.350. The van der Waals surface area contributed by atoms with Gasteiger partial charge in [-0.3, -0.25) is 4.57 Å². The van der Waals surface area contributed by atoms with E-state index in [2.05, 4.69) is 16.8 Å². The van der Waals surface area contributed by atoms with Crippen LogP contribution in [0.4, 0.5) is 5.82 Å². The summed E-state index contributed by atoms with van der Waals surface area (Å²) in [7, 11) is 0. The van der Waals surface area contributed by atoms with Crippen LogP contribution in [0.5, 0.6) is 0 Å². The van der Waals surface area contributed by atoms with E-state index in [0.717, 1.165) is 5.56 Å². The molecular formula is C9H11N3O2. The molecule has 0 amide bonds. The van der Waals surface area contributed by atoms with Gasteiger partial charge in [-0.15, -0.1) is 0 Å². The second kappa shape index (κ2) is 4.44. The SMILES string of the molecule is Cc1cn(CC#CCO)c(=O)nc1N. The summed E-state index contributed by atoms with van der Waals surface area (Å²) in [6, 6.07) is 0. The van der Waals surface area contributed by atoms with Gasteiger partial charge in [0.15, 0.2) is 0 Å². The Bertz CT molecular complexity index is 440. The molecule has 74 valence electrons. The highest BCUT2D eigenvalue weighted by Gasteiger charge is 1.99. The Morgan fingerprint density at radius 3 is 3.00 bits per heavy atom. The van der Waals surface area contributed by atoms with Gasteiger partial charge in [0, 0.05) is 11.8 Å². The molecule has 0 aliphatic carbocycles. The molecule has 0 radical (unpaired) electrons. The Kier molecular flexibility index (Phi) is 3.26. The molecule has 0 saturated carbocycles. The summed E-state index contributed by atoms with van der Waals surface area (Å²) in [5.41, 5.74) is 5.75. The number of aliphatic hydroxyl groups is 1. The average Bonchev–Trinajstić information content (AvgIpc) is 2.14. The molecule has 0 aliphatic rings. The van der Waals surface area contributed by atoms with E-state index in [1.54, 1.807) is 13.1 Å². The maximum Gasteiger partial charge on any atom is 0.350 e. The smallest absolute Gasteiger partial charge is 0.350 e. The summed E-state index contributed by atoms with van der Waals surface area (Å²) < 4.78 is 1.34. The first-order chi connectivity index (χ1) is 6.65. The summed E-state index contributed by atoms with van der Waals surface area (Å²) in [4.78, 5) is 14.8. The molecule has 0 fully saturated rings. The minimum absolute atomic E-state index is 0.212. The molecule has 14 heavy (non-hydrogen) atoms. The van der Waals surface area contributed by atoms with E-state index < -0.39 is 5.69 Å². The van der Waals surface area contributed by atoms with Gasteiger partial charge in [0.1, 0.15) is 12.4 Å². The van der Waals surface area contributed by atoms with Crippen molar-refractivity contribution in [1.29, 1.82) is 0 Å². The van der Waals surface area contributed by atoms with Crippen LogP contribution >= 0.6 is 0 Å². The molecule has 1 aromatic rings. The van der Waals surface area contributed by atoms with E-state index in [1.807, 2.05) is 0 Å². The van der Waals surface area contributed by atoms with Gasteiger partial charge in [0.25, 0.3) is 0 Å². The molecule has 1 aromatic heterocycles. The van der Waals surface area contributed by atoms with Crippen molar-refractivity contribution in [3.63, 3.8) is 0 Å². The fourth-order valence-electron chi connectivity index (χ4n) is 0.921. The van der Waals surface area contributed by atoms with Crippen molar-refractivity contribution < 1.29 is 5.11 Å². The van der Waals surface area contributed by atoms with Gasteiger partial charge in [-0.1, -0.05) is 11.8 Å². The van der Waals surface area contributed by atoms with E-state index in [-0.39, 0.29) is 19.0 Å². The van der Waals surface area contributed by atoms with Crippen molar-refractivity contribution in [2.75, 3.05) is 12.3 Å². The third-order valence-corrected chi connectivity index (χ3v) is 1.67. The van der Waals surface area contributed by atoms with Crippen molar-refractivity contribution in [2.45, 2.75) is 13.5 Å². The predicted molar refractivity (Wildman–Crippen MR) is 52.5 cm³/mol. The van der Waals surface area contributed by atoms with Crippen LogP contribution in [-0.2, 0) is 6.54 Å². The van der Waals surface area contributed by atoms with Crippen LogP contribution in [-0.4, -0.2) is 21.3 Å². The zero-order chi connectivity index (χ0) is 10.6. The molecule has 1 heterocycles. The molecule has 0 atom stereocenters. The lowest BCUT2D eigenvalue weighted by Crippen LogP contribution is -2.23. The predicted octanol–water partition coefficient (Wildman–Crippen LogP) is -0.870. The highest BCUT2D eigenvalue weighted by molar-refractivity contribution is 5.35. The monoisotopic (exact) mass is 193 g/mol. The van der Waals surface area contributed by atoms with Crippen molar-refractivity contribution >= 4 is 5.82 Å². The summed E-state index contributed by atoms with van der Waals surface area (Å²) >= 11 is 0. The summed E-state index contributed by atoms with van der Waals surface area (Å²) in [5.74, 6) is 5.30. The topological polar surface area (TPSA) is 81.1 Å². The van der Waals surface area contributed by atoms with Gasteiger partial charge in [0.05, 0.1) is 6.54 Å². The molecule has 0 aromatic carbocycles. The molecule has 1 rings (SSSR count). The van der Waals surface area contributed by atoms with Gasteiger partial charge < -0.3 is 10.8 Å². The number of aromatic nitrogens is 2. The quantitative estimate of drug-likeness (QED) is 0.568. The van der Waals surface area contributed by atoms with E-state index in [9.17, 15) is 4.79 Å². The number of aliphatic hydroxyl groups excluding tert-OH is 1. The lowest BCUT2D eigenvalue weighted by atomic mass is 10.3. The van der Waals surface area contributed by atoms with Crippen LogP contribution in [0.3, 0.4) is 0 Å². The molecule has 0 saturated heterocycles. The number of rotatable bonds is 1. The highest BCUT2D eigenvalue weighted by Crippen LogP contribution is 2.00. The molecule has 3 N–H and O–H groups in total. The lowest BCUT2D eigenvalue weighted by Gasteiger charge is -2.02. The summed E-state index contributed by atoms with van der Waals surface area (Å²) in [5, 5.41) is 8.42. The van der Waals surface area contributed by atoms with E-state index in [0.29, 0.717) is 0 Å². The Balaban J connectivity index is 2.99. The van der Waals surface area contributed by atoms with Crippen molar-refractivity contribution in [3.05, 3.63) is 22.2 Å². The zero-order valence-corrected chi connectivity index (χ0v) is 7.82. The standard InChI is InChI=1S/C9H11N3O2/c1-7-6-12(4-2-3-5-13)9(14)11-8(7)10/h6,13H,4-5H2,1H3,(H2,10,11,14). The molecule has 0 bridgehead atoms. The van der Waals surface area contributed by atoms with Crippen LogP contribution in [0, 0.1) is 18.8 Å². The molecule has 0 aliphatic heterocycles. The number of nitrogens with two attached hydrogens (primary N) is 1. The normalized spacial score (nSPS) is 9.29.